The number of esters is 4. The van der Waals surface area contributed by atoms with Crippen LogP contribution in [0, 0.1) is 0 Å². The maximum Gasteiger partial charge on any atom is 0.328 e. The first-order valence-corrected chi connectivity index (χ1v) is 16.1. The van der Waals surface area contributed by atoms with E-state index in [0.29, 0.717) is 5.39 Å². The van der Waals surface area contributed by atoms with Crippen LogP contribution in [0.1, 0.15) is 76.6 Å². The zero-order chi connectivity index (χ0) is 35.5. The molecule has 14 heteroatoms. The highest BCUT2D eigenvalue weighted by molar-refractivity contribution is 6.08. The Bertz CT molecular complexity index is 1420. The number of benzene rings is 2. The predicted octanol–water partition coefficient (Wildman–Crippen LogP) is 2.50. The molecule has 0 saturated carbocycles. The highest BCUT2D eigenvalue weighted by atomic mass is 16.5. The van der Waals surface area contributed by atoms with Gasteiger partial charge in [0.2, 0.25) is 11.8 Å². The molecular formula is C34H45N3O11. The minimum absolute atomic E-state index is 0.0177. The van der Waals surface area contributed by atoms with Gasteiger partial charge < -0.3 is 34.9 Å². The summed E-state index contributed by atoms with van der Waals surface area (Å²) in [5.41, 5.74) is 0.279. The maximum atomic E-state index is 13.6. The SMILES string of the molecule is CCOC(=O)CCC(NC(=O)CCC(NC(=O)c1cccc2ccccc12)C(=O)NC(CCC(=O)OCC)C(=O)OCC)C(=O)OCC. The Kier molecular flexibility index (Phi) is 17.1. The molecule has 3 amide bonds. The van der Waals surface area contributed by atoms with E-state index in [-0.39, 0.29) is 70.5 Å². The first-order chi connectivity index (χ1) is 23.0. The van der Waals surface area contributed by atoms with E-state index in [2.05, 4.69) is 16.0 Å². The molecule has 48 heavy (non-hydrogen) atoms. The highest BCUT2D eigenvalue weighted by Crippen LogP contribution is 2.19. The summed E-state index contributed by atoms with van der Waals surface area (Å²) < 4.78 is 19.9. The van der Waals surface area contributed by atoms with Gasteiger partial charge in [-0.3, -0.25) is 24.0 Å². The molecule has 0 saturated heterocycles. The van der Waals surface area contributed by atoms with Crippen molar-refractivity contribution in [3.8, 4) is 0 Å². The molecule has 2 aromatic rings. The zero-order valence-corrected chi connectivity index (χ0v) is 27.8. The summed E-state index contributed by atoms with van der Waals surface area (Å²) in [6.45, 7) is 6.82. The van der Waals surface area contributed by atoms with Gasteiger partial charge in [-0.2, -0.15) is 0 Å². The first kappa shape index (κ1) is 39.2. The molecule has 14 nitrogen and oxygen atoms in total. The van der Waals surface area contributed by atoms with Crippen molar-refractivity contribution in [1.82, 2.24) is 16.0 Å². The van der Waals surface area contributed by atoms with Crippen molar-refractivity contribution in [2.24, 2.45) is 0 Å². The van der Waals surface area contributed by atoms with Crippen molar-refractivity contribution in [1.29, 1.82) is 0 Å². The number of nitrogens with one attached hydrogen (secondary N) is 3. The normalized spacial score (nSPS) is 12.5. The van der Waals surface area contributed by atoms with Gasteiger partial charge in [0.1, 0.15) is 18.1 Å². The van der Waals surface area contributed by atoms with Crippen LogP contribution in [0.5, 0.6) is 0 Å². The molecule has 2 rings (SSSR count). The van der Waals surface area contributed by atoms with Gasteiger partial charge in [0, 0.05) is 24.8 Å². The van der Waals surface area contributed by atoms with Crippen LogP contribution < -0.4 is 16.0 Å². The Morgan fingerprint density at radius 2 is 1.06 bits per heavy atom. The second-order valence-electron chi connectivity index (χ2n) is 10.5. The standard InChI is InChI=1S/C34H45N3O11/c1-5-45-29(39)20-17-26(33(43)47-7-3)35-28(38)19-16-25(36-31(41)24-15-11-13-22-12-9-10-14-23(22)24)32(42)37-27(34(44)48-8-4)18-21-30(40)46-6-2/h9-15,25-27H,5-8,16-21H2,1-4H3,(H,35,38)(H,36,41)(H,37,42). The second kappa shape index (κ2) is 21.0. The lowest BCUT2D eigenvalue weighted by Crippen LogP contribution is -2.52. The third-order valence-corrected chi connectivity index (χ3v) is 7.00. The first-order valence-electron chi connectivity index (χ1n) is 16.1. The summed E-state index contributed by atoms with van der Waals surface area (Å²) >= 11 is 0. The van der Waals surface area contributed by atoms with E-state index in [0.717, 1.165) is 5.39 Å². The predicted molar refractivity (Wildman–Crippen MR) is 173 cm³/mol. The quantitative estimate of drug-likeness (QED) is 0.138. The van der Waals surface area contributed by atoms with Gasteiger partial charge in [0.15, 0.2) is 0 Å². The molecule has 0 heterocycles. The van der Waals surface area contributed by atoms with Crippen LogP contribution >= 0.6 is 0 Å². The number of rotatable bonds is 20. The fourth-order valence-corrected chi connectivity index (χ4v) is 4.72. The van der Waals surface area contributed by atoms with E-state index in [1.807, 2.05) is 18.2 Å². The zero-order valence-electron chi connectivity index (χ0n) is 27.8. The Morgan fingerprint density at radius 1 is 0.562 bits per heavy atom. The lowest BCUT2D eigenvalue weighted by Gasteiger charge is -2.23. The van der Waals surface area contributed by atoms with Crippen molar-refractivity contribution < 1.29 is 52.5 Å². The number of carbonyl (C=O) groups excluding carboxylic acids is 7. The van der Waals surface area contributed by atoms with E-state index < -0.39 is 59.7 Å². The van der Waals surface area contributed by atoms with Crippen molar-refractivity contribution in [3.05, 3.63) is 48.0 Å². The Balaban J connectivity index is 2.28. The largest absolute Gasteiger partial charge is 0.466 e. The van der Waals surface area contributed by atoms with Crippen LogP contribution in [-0.4, -0.2) is 86.2 Å². The van der Waals surface area contributed by atoms with Crippen molar-refractivity contribution in [2.45, 2.75) is 84.3 Å². The monoisotopic (exact) mass is 671 g/mol. The van der Waals surface area contributed by atoms with Gasteiger partial charge in [-0.25, -0.2) is 9.59 Å². The van der Waals surface area contributed by atoms with Crippen LogP contribution in [0.15, 0.2) is 42.5 Å². The molecule has 2 aromatic carbocycles. The van der Waals surface area contributed by atoms with Crippen LogP contribution in [0.25, 0.3) is 10.8 Å². The van der Waals surface area contributed by atoms with Gasteiger partial charge in [-0.1, -0.05) is 36.4 Å². The van der Waals surface area contributed by atoms with Crippen LogP contribution in [0.2, 0.25) is 0 Å². The molecule has 0 fully saturated rings. The molecule has 0 bridgehead atoms. The minimum atomic E-state index is -1.33. The van der Waals surface area contributed by atoms with Gasteiger partial charge >= 0.3 is 23.9 Å². The summed E-state index contributed by atoms with van der Waals surface area (Å²) in [4.78, 5) is 89.2. The summed E-state index contributed by atoms with van der Waals surface area (Å²) in [6.07, 6.45) is -1.12. The Labute approximate surface area is 279 Å². The van der Waals surface area contributed by atoms with Gasteiger partial charge in [-0.15, -0.1) is 0 Å². The molecule has 0 aliphatic carbocycles. The van der Waals surface area contributed by atoms with E-state index in [9.17, 15) is 33.6 Å². The topological polar surface area (TPSA) is 192 Å². The van der Waals surface area contributed by atoms with E-state index in [1.54, 1.807) is 52.0 Å². The molecule has 3 atom stereocenters. The molecule has 0 aromatic heterocycles. The number of fused-ring (bicyclic) bond motifs is 1. The van der Waals surface area contributed by atoms with Gasteiger partial charge in [0.05, 0.1) is 26.4 Å². The van der Waals surface area contributed by atoms with E-state index in [4.69, 9.17) is 18.9 Å². The average molecular weight is 672 g/mol. The molecule has 0 radical (unpaired) electrons. The average Bonchev–Trinajstić information content (AvgIpc) is 3.06. The lowest BCUT2D eigenvalue weighted by molar-refractivity contribution is -0.149. The highest BCUT2D eigenvalue weighted by Gasteiger charge is 2.30. The third-order valence-electron chi connectivity index (χ3n) is 7.00. The van der Waals surface area contributed by atoms with Crippen LogP contribution in [0.4, 0.5) is 0 Å². The van der Waals surface area contributed by atoms with Crippen LogP contribution in [0.3, 0.4) is 0 Å². The summed E-state index contributed by atoms with van der Waals surface area (Å²) in [6, 6.07) is 8.55. The molecule has 0 spiro atoms. The number of amides is 3. The second-order valence-corrected chi connectivity index (χ2v) is 10.5. The third kappa shape index (κ3) is 13.0. The van der Waals surface area contributed by atoms with Gasteiger partial charge in [-0.05, 0) is 63.8 Å². The van der Waals surface area contributed by atoms with Crippen molar-refractivity contribution >= 4 is 52.4 Å². The molecule has 0 aliphatic rings. The van der Waals surface area contributed by atoms with Crippen molar-refractivity contribution in [3.63, 3.8) is 0 Å². The molecule has 3 unspecified atom stereocenters. The smallest absolute Gasteiger partial charge is 0.328 e. The molecular weight excluding hydrogens is 626 g/mol. The number of carbonyl (C=O) groups is 7. The molecule has 262 valence electrons. The fraction of sp³-hybridized carbons (Fsp3) is 0.500. The van der Waals surface area contributed by atoms with Crippen molar-refractivity contribution in [2.75, 3.05) is 26.4 Å². The summed E-state index contributed by atoms with van der Waals surface area (Å²) in [7, 11) is 0. The lowest BCUT2D eigenvalue weighted by atomic mass is 10.0. The number of hydrogen-bond donors (Lipinski definition) is 3. The van der Waals surface area contributed by atoms with E-state index in [1.165, 1.54) is 0 Å². The number of ether oxygens (including phenoxy) is 4. The van der Waals surface area contributed by atoms with E-state index >= 15 is 0 Å². The van der Waals surface area contributed by atoms with Crippen LogP contribution in [-0.2, 0) is 47.7 Å². The van der Waals surface area contributed by atoms with Gasteiger partial charge in [0.25, 0.3) is 5.91 Å². The minimum Gasteiger partial charge on any atom is -0.466 e. The maximum absolute atomic E-state index is 13.6. The Morgan fingerprint density at radius 3 is 1.62 bits per heavy atom. The molecule has 0 aliphatic heterocycles. The summed E-state index contributed by atoms with van der Waals surface area (Å²) in [5.74, 6) is -4.71. The fourth-order valence-electron chi connectivity index (χ4n) is 4.72. The number of hydrogen-bond acceptors (Lipinski definition) is 11. The molecule has 3 N–H and O–H groups in total. The Hall–Kier alpha value is -5.01. The summed E-state index contributed by atoms with van der Waals surface area (Å²) in [5, 5.41) is 9.16.